The van der Waals surface area contributed by atoms with Crippen molar-refractivity contribution in [1.29, 1.82) is 0 Å². The van der Waals surface area contributed by atoms with E-state index in [9.17, 15) is 0 Å². The van der Waals surface area contributed by atoms with Crippen LogP contribution in [0.2, 0.25) is 0 Å². The van der Waals surface area contributed by atoms with E-state index < -0.39 is 0 Å². The van der Waals surface area contributed by atoms with Crippen LogP contribution in [-0.2, 0) is 11.3 Å². The zero-order chi connectivity index (χ0) is 18.7. The molecule has 0 unspecified atom stereocenters. The van der Waals surface area contributed by atoms with Crippen LogP contribution in [0, 0.1) is 5.92 Å². The highest BCUT2D eigenvalue weighted by molar-refractivity contribution is 14.0. The molecule has 28 heavy (non-hydrogen) atoms. The number of nitrogens with zero attached hydrogens (tertiary/aromatic N) is 2. The molecule has 0 saturated heterocycles. The number of rotatable bonds is 10. The Balaban J connectivity index is 0.00000280. The van der Waals surface area contributed by atoms with Crippen LogP contribution in [-0.4, -0.2) is 43.9 Å². The van der Waals surface area contributed by atoms with Gasteiger partial charge in [-0.3, -0.25) is 4.99 Å². The number of aromatic nitrogens is 1. The van der Waals surface area contributed by atoms with Gasteiger partial charge in [0.05, 0.1) is 0 Å². The molecule has 0 aliphatic heterocycles. The van der Waals surface area contributed by atoms with Crippen molar-refractivity contribution in [3.05, 3.63) is 23.9 Å². The molecule has 0 aromatic carbocycles. The molecule has 2 fully saturated rings. The lowest BCUT2D eigenvalue weighted by Gasteiger charge is -2.22. The fourth-order valence-corrected chi connectivity index (χ4v) is 3.30. The Bertz CT molecular complexity index is 590. The van der Waals surface area contributed by atoms with E-state index in [1.54, 1.807) is 7.05 Å². The Morgan fingerprint density at radius 2 is 2.00 bits per heavy atom. The quantitative estimate of drug-likeness (QED) is 0.220. The van der Waals surface area contributed by atoms with Gasteiger partial charge in [-0.25, -0.2) is 4.98 Å². The van der Waals surface area contributed by atoms with Crippen molar-refractivity contribution in [2.24, 2.45) is 10.9 Å². The first-order valence-corrected chi connectivity index (χ1v) is 10.5. The lowest BCUT2D eigenvalue weighted by atomic mass is 9.98. The predicted octanol–water partition coefficient (Wildman–Crippen LogP) is 3.89. The first-order chi connectivity index (χ1) is 13.3. The SMILES string of the molecule is CN=C(NCCCOCC1CC1)NCc1ccnc(OC2CCCCC2)c1.I. The van der Waals surface area contributed by atoms with Gasteiger partial charge in [0.25, 0.3) is 0 Å². The van der Waals surface area contributed by atoms with Gasteiger partial charge in [0.1, 0.15) is 6.10 Å². The van der Waals surface area contributed by atoms with Gasteiger partial charge in [0, 0.05) is 45.6 Å². The van der Waals surface area contributed by atoms with Crippen LogP contribution in [0.25, 0.3) is 0 Å². The Labute approximate surface area is 186 Å². The number of halogens is 1. The standard InChI is InChI=1S/C21H34N4O2.HI/c1-22-21(24-11-5-13-26-16-17-8-9-17)25-15-18-10-12-23-20(14-18)27-19-6-3-2-4-7-19;/h10,12,14,17,19H,2-9,11,13,15-16H2,1H3,(H2,22,24,25);1H. The Hall–Kier alpha value is -1.09. The summed E-state index contributed by atoms with van der Waals surface area (Å²) in [6, 6.07) is 4.04. The highest BCUT2D eigenvalue weighted by atomic mass is 127. The van der Waals surface area contributed by atoms with Crippen molar-refractivity contribution in [3.8, 4) is 5.88 Å². The second kappa shape index (κ2) is 13.2. The lowest BCUT2D eigenvalue weighted by Crippen LogP contribution is -2.37. The maximum Gasteiger partial charge on any atom is 0.213 e. The van der Waals surface area contributed by atoms with E-state index >= 15 is 0 Å². The van der Waals surface area contributed by atoms with Crippen molar-refractivity contribution in [2.45, 2.75) is 64.0 Å². The molecule has 0 atom stereocenters. The molecule has 1 aromatic rings. The lowest BCUT2D eigenvalue weighted by molar-refractivity contribution is 0.123. The summed E-state index contributed by atoms with van der Waals surface area (Å²) in [6.07, 6.45) is 12.0. The summed E-state index contributed by atoms with van der Waals surface area (Å²) in [4.78, 5) is 8.65. The van der Waals surface area contributed by atoms with Gasteiger partial charge >= 0.3 is 0 Å². The van der Waals surface area contributed by atoms with E-state index in [1.165, 1.54) is 32.1 Å². The van der Waals surface area contributed by atoms with Crippen LogP contribution >= 0.6 is 24.0 Å². The molecule has 0 bridgehead atoms. The average molecular weight is 502 g/mol. The molecule has 7 heteroatoms. The van der Waals surface area contributed by atoms with Crippen molar-refractivity contribution < 1.29 is 9.47 Å². The number of guanidine groups is 1. The minimum atomic E-state index is 0. The summed E-state index contributed by atoms with van der Waals surface area (Å²) < 4.78 is 11.7. The van der Waals surface area contributed by atoms with E-state index in [0.717, 1.165) is 62.3 Å². The van der Waals surface area contributed by atoms with Gasteiger partial charge in [-0.2, -0.15) is 0 Å². The number of hydrogen-bond donors (Lipinski definition) is 2. The summed E-state index contributed by atoms with van der Waals surface area (Å²) in [7, 11) is 1.79. The van der Waals surface area contributed by atoms with Crippen LogP contribution < -0.4 is 15.4 Å². The van der Waals surface area contributed by atoms with Crippen LogP contribution in [0.3, 0.4) is 0 Å². The first-order valence-electron chi connectivity index (χ1n) is 10.5. The minimum absolute atomic E-state index is 0. The highest BCUT2D eigenvalue weighted by Crippen LogP contribution is 2.28. The zero-order valence-corrected chi connectivity index (χ0v) is 19.3. The number of nitrogens with one attached hydrogen (secondary N) is 2. The van der Waals surface area contributed by atoms with Crippen LogP contribution in [0.15, 0.2) is 23.3 Å². The third kappa shape index (κ3) is 8.94. The van der Waals surface area contributed by atoms with Crippen LogP contribution in [0.4, 0.5) is 0 Å². The molecule has 2 aliphatic rings. The number of aliphatic imine (C=N–C) groups is 1. The summed E-state index contributed by atoms with van der Waals surface area (Å²) >= 11 is 0. The van der Waals surface area contributed by atoms with E-state index in [1.807, 2.05) is 18.3 Å². The summed E-state index contributed by atoms with van der Waals surface area (Å²) in [5.41, 5.74) is 1.14. The third-order valence-corrected chi connectivity index (χ3v) is 5.13. The van der Waals surface area contributed by atoms with Crippen molar-refractivity contribution in [3.63, 3.8) is 0 Å². The number of ether oxygens (including phenoxy) is 2. The van der Waals surface area contributed by atoms with E-state index in [0.29, 0.717) is 12.6 Å². The van der Waals surface area contributed by atoms with Crippen molar-refractivity contribution in [1.82, 2.24) is 15.6 Å². The maximum atomic E-state index is 6.05. The Morgan fingerprint density at radius 1 is 1.18 bits per heavy atom. The second-order valence-electron chi connectivity index (χ2n) is 7.60. The van der Waals surface area contributed by atoms with E-state index in [4.69, 9.17) is 9.47 Å². The van der Waals surface area contributed by atoms with Gasteiger partial charge in [-0.1, -0.05) is 6.42 Å². The minimum Gasteiger partial charge on any atom is -0.474 e. The largest absolute Gasteiger partial charge is 0.474 e. The fourth-order valence-electron chi connectivity index (χ4n) is 3.30. The molecule has 0 spiro atoms. The molecule has 2 N–H and O–H groups in total. The number of pyridine rings is 1. The van der Waals surface area contributed by atoms with Crippen LogP contribution in [0.1, 0.15) is 56.9 Å². The summed E-state index contributed by atoms with van der Waals surface area (Å²) in [5.74, 6) is 2.38. The molecule has 3 rings (SSSR count). The molecule has 0 radical (unpaired) electrons. The van der Waals surface area contributed by atoms with Crippen molar-refractivity contribution in [2.75, 3.05) is 26.8 Å². The normalized spacial score (nSPS) is 17.7. The van der Waals surface area contributed by atoms with Gasteiger partial charge in [0.15, 0.2) is 5.96 Å². The highest BCUT2D eigenvalue weighted by Gasteiger charge is 2.20. The van der Waals surface area contributed by atoms with Crippen LogP contribution in [0.5, 0.6) is 5.88 Å². The summed E-state index contributed by atoms with van der Waals surface area (Å²) in [5, 5.41) is 6.69. The topological polar surface area (TPSA) is 67.8 Å². The Kier molecular flexibility index (Phi) is 10.9. The molecular formula is C21H35IN4O2. The third-order valence-electron chi connectivity index (χ3n) is 5.13. The molecule has 0 amide bonds. The molecule has 2 aliphatic carbocycles. The molecule has 1 aromatic heterocycles. The van der Waals surface area contributed by atoms with Gasteiger partial charge in [-0.05, 0) is 62.5 Å². The molecular weight excluding hydrogens is 467 g/mol. The van der Waals surface area contributed by atoms with Gasteiger partial charge < -0.3 is 20.1 Å². The predicted molar refractivity (Wildman–Crippen MR) is 124 cm³/mol. The molecule has 6 nitrogen and oxygen atoms in total. The molecule has 1 heterocycles. The molecule has 158 valence electrons. The Morgan fingerprint density at radius 3 is 2.75 bits per heavy atom. The smallest absolute Gasteiger partial charge is 0.213 e. The maximum absolute atomic E-state index is 6.05. The first kappa shape index (κ1) is 23.2. The summed E-state index contributed by atoms with van der Waals surface area (Å²) in [6.45, 7) is 3.30. The van der Waals surface area contributed by atoms with Crippen molar-refractivity contribution >= 4 is 29.9 Å². The van der Waals surface area contributed by atoms with Gasteiger partial charge in [-0.15, -0.1) is 24.0 Å². The number of hydrogen-bond acceptors (Lipinski definition) is 4. The van der Waals surface area contributed by atoms with E-state index in [-0.39, 0.29) is 24.0 Å². The second-order valence-corrected chi connectivity index (χ2v) is 7.60. The average Bonchev–Trinajstić information content (AvgIpc) is 3.52. The van der Waals surface area contributed by atoms with Gasteiger partial charge in [0.2, 0.25) is 5.88 Å². The fraction of sp³-hybridized carbons (Fsp3) is 0.714. The van der Waals surface area contributed by atoms with E-state index in [2.05, 4.69) is 20.6 Å². The zero-order valence-electron chi connectivity index (χ0n) is 17.0. The molecule has 2 saturated carbocycles. The monoisotopic (exact) mass is 502 g/mol.